The van der Waals surface area contributed by atoms with Crippen molar-refractivity contribution >= 4 is 22.8 Å². The molecule has 1 N–H and O–H groups in total. The lowest BCUT2D eigenvalue weighted by Crippen LogP contribution is -2.49. The molecule has 2 fully saturated rings. The molecule has 1 aromatic carbocycles. The van der Waals surface area contributed by atoms with E-state index < -0.39 is 5.97 Å². The molecule has 1 aliphatic carbocycles. The van der Waals surface area contributed by atoms with E-state index in [1.54, 1.807) is 24.7 Å². The molecule has 2 unspecified atom stereocenters. The lowest BCUT2D eigenvalue weighted by Gasteiger charge is -2.35. The minimum absolute atomic E-state index is 0.0135. The van der Waals surface area contributed by atoms with Crippen LogP contribution in [-0.2, 0) is 16.1 Å². The number of carbonyl (C=O) groups excluding carboxylic acids is 1. The number of carboxylic acids is 1. The Balaban J connectivity index is 1.66. The maximum atomic E-state index is 13.5. The number of aromatic carboxylic acids is 1. The summed E-state index contributed by atoms with van der Waals surface area (Å²) < 4.78 is 13.3. The van der Waals surface area contributed by atoms with E-state index in [0.29, 0.717) is 19.0 Å². The Morgan fingerprint density at radius 1 is 1.06 bits per heavy atom. The predicted octanol–water partition coefficient (Wildman–Crippen LogP) is 5.28. The number of carbonyl (C=O) groups is 2. The van der Waals surface area contributed by atoms with E-state index in [1.807, 2.05) is 35.4 Å². The van der Waals surface area contributed by atoms with E-state index >= 15 is 0 Å². The normalized spacial score (nSPS) is 21.8. The van der Waals surface area contributed by atoms with Gasteiger partial charge in [-0.1, -0.05) is 25.3 Å². The van der Waals surface area contributed by atoms with Gasteiger partial charge >= 0.3 is 5.97 Å². The summed E-state index contributed by atoms with van der Waals surface area (Å²) in [5, 5.41) is 10.7. The van der Waals surface area contributed by atoms with Crippen molar-refractivity contribution in [2.75, 3.05) is 13.1 Å². The molecule has 2 atom stereocenters. The number of morpholine rings is 1. The van der Waals surface area contributed by atoms with E-state index in [9.17, 15) is 14.7 Å². The first-order valence-corrected chi connectivity index (χ1v) is 12.3. The fraction of sp³-hybridized carbons (Fsp3) is 0.481. The van der Waals surface area contributed by atoms with E-state index in [-0.39, 0.29) is 30.2 Å². The summed E-state index contributed by atoms with van der Waals surface area (Å²) in [5.74, 6) is -0.586. The molecule has 1 aliphatic heterocycles. The van der Waals surface area contributed by atoms with Crippen LogP contribution in [0.5, 0.6) is 0 Å². The Bertz CT molecular complexity index is 1180. The zero-order chi connectivity index (χ0) is 23.8. The van der Waals surface area contributed by atoms with Crippen molar-refractivity contribution in [3.8, 4) is 11.3 Å². The molecule has 7 nitrogen and oxygen atoms in total. The van der Waals surface area contributed by atoms with Crippen LogP contribution in [0.3, 0.4) is 0 Å². The van der Waals surface area contributed by atoms with Gasteiger partial charge in [0.05, 0.1) is 41.5 Å². The van der Waals surface area contributed by atoms with Gasteiger partial charge in [0.15, 0.2) is 0 Å². The Morgan fingerprint density at radius 2 is 1.79 bits per heavy atom. The molecule has 180 valence electrons. The summed E-state index contributed by atoms with van der Waals surface area (Å²) in [5.41, 5.74) is 4.12. The number of furan rings is 1. The lowest BCUT2D eigenvalue weighted by atomic mass is 9.82. The molecule has 3 heterocycles. The topological polar surface area (TPSA) is 84.9 Å². The minimum atomic E-state index is -0.971. The van der Waals surface area contributed by atoms with E-state index in [2.05, 4.69) is 0 Å². The van der Waals surface area contributed by atoms with Crippen molar-refractivity contribution in [2.24, 2.45) is 0 Å². The summed E-state index contributed by atoms with van der Waals surface area (Å²) >= 11 is 0. The average molecular weight is 465 g/mol. The van der Waals surface area contributed by atoms with Crippen LogP contribution in [0.4, 0.5) is 0 Å². The maximum Gasteiger partial charge on any atom is 0.335 e. The molecule has 2 aliphatic rings. The molecule has 0 spiro atoms. The third-order valence-corrected chi connectivity index (χ3v) is 7.22. The molecular weight excluding hydrogens is 432 g/mol. The number of aromatic nitrogens is 1. The first-order valence-electron chi connectivity index (χ1n) is 12.3. The fourth-order valence-electron chi connectivity index (χ4n) is 5.81. The number of hydrogen-bond acceptors (Lipinski definition) is 4. The highest BCUT2D eigenvalue weighted by molar-refractivity contribution is 5.99. The van der Waals surface area contributed by atoms with Gasteiger partial charge in [-0.05, 0) is 56.4 Å². The monoisotopic (exact) mass is 464 g/mol. The third-order valence-electron chi connectivity index (χ3n) is 7.22. The molecule has 1 saturated heterocycles. The van der Waals surface area contributed by atoms with Crippen LogP contribution in [0.1, 0.15) is 67.8 Å². The van der Waals surface area contributed by atoms with Crippen molar-refractivity contribution < 1.29 is 23.8 Å². The molecule has 2 aromatic heterocycles. The Morgan fingerprint density at radius 3 is 2.44 bits per heavy atom. The molecule has 34 heavy (non-hydrogen) atoms. The minimum Gasteiger partial charge on any atom is -0.478 e. The van der Waals surface area contributed by atoms with Gasteiger partial charge in [0.25, 0.3) is 0 Å². The van der Waals surface area contributed by atoms with Crippen LogP contribution in [0.2, 0.25) is 0 Å². The van der Waals surface area contributed by atoms with E-state index in [0.717, 1.165) is 35.0 Å². The molecule has 0 bridgehead atoms. The second-order valence-electron chi connectivity index (χ2n) is 9.79. The highest BCUT2D eigenvalue weighted by atomic mass is 16.5. The quantitative estimate of drug-likeness (QED) is 0.555. The van der Waals surface area contributed by atoms with Crippen LogP contribution >= 0.6 is 0 Å². The fourth-order valence-corrected chi connectivity index (χ4v) is 5.81. The van der Waals surface area contributed by atoms with Gasteiger partial charge < -0.3 is 23.7 Å². The number of rotatable bonds is 5. The van der Waals surface area contributed by atoms with Gasteiger partial charge in [0.2, 0.25) is 5.91 Å². The molecule has 3 aromatic rings. The van der Waals surface area contributed by atoms with Crippen molar-refractivity contribution in [1.82, 2.24) is 9.47 Å². The summed E-state index contributed by atoms with van der Waals surface area (Å²) in [4.78, 5) is 27.2. The van der Waals surface area contributed by atoms with Gasteiger partial charge in [-0.3, -0.25) is 4.79 Å². The molecular formula is C27H32N2O5. The number of carboxylic acid groups (broad SMARTS) is 1. The Labute approximate surface area is 199 Å². The number of ether oxygens (including phenoxy) is 1. The summed E-state index contributed by atoms with van der Waals surface area (Å²) in [7, 11) is 0. The van der Waals surface area contributed by atoms with Gasteiger partial charge in [-0.15, -0.1) is 0 Å². The summed E-state index contributed by atoms with van der Waals surface area (Å²) in [6, 6.07) is 7.24. The molecule has 5 rings (SSSR count). The largest absolute Gasteiger partial charge is 0.478 e. The third kappa shape index (κ3) is 4.25. The number of amides is 1. The number of benzene rings is 1. The van der Waals surface area contributed by atoms with E-state index in [1.165, 1.54) is 24.8 Å². The molecule has 1 amide bonds. The molecule has 1 saturated carbocycles. The second-order valence-corrected chi connectivity index (χ2v) is 9.79. The highest BCUT2D eigenvalue weighted by Crippen LogP contribution is 2.44. The van der Waals surface area contributed by atoms with Gasteiger partial charge in [0.1, 0.15) is 6.54 Å². The predicted molar refractivity (Wildman–Crippen MR) is 129 cm³/mol. The Hall–Kier alpha value is -3.06. The first-order chi connectivity index (χ1) is 16.4. The summed E-state index contributed by atoms with van der Waals surface area (Å²) in [6.07, 6.45) is 9.13. The highest BCUT2D eigenvalue weighted by Gasteiger charge is 2.30. The Kier molecular flexibility index (Phi) is 6.21. The van der Waals surface area contributed by atoms with Crippen molar-refractivity contribution in [2.45, 2.75) is 70.6 Å². The van der Waals surface area contributed by atoms with Gasteiger partial charge in [-0.25, -0.2) is 4.79 Å². The van der Waals surface area contributed by atoms with E-state index in [4.69, 9.17) is 9.15 Å². The van der Waals surface area contributed by atoms with Gasteiger partial charge in [-0.2, -0.15) is 0 Å². The summed E-state index contributed by atoms with van der Waals surface area (Å²) in [6.45, 7) is 5.22. The average Bonchev–Trinajstić information content (AvgIpc) is 3.45. The van der Waals surface area contributed by atoms with Gasteiger partial charge in [0, 0.05) is 24.0 Å². The number of hydrogen-bond donors (Lipinski definition) is 1. The zero-order valence-electron chi connectivity index (χ0n) is 19.8. The zero-order valence-corrected chi connectivity index (χ0v) is 19.8. The second kappa shape index (κ2) is 9.29. The van der Waals surface area contributed by atoms with Crippen LogP contribution in [0, 0.1) is 0 Å². The first kappa shape index (κ1) is 22.7. The number of fused-ring (bicyclic) bond motifs is 1. The van der Waals surface area contributed by atoms with Crippen LogP contribution < -0.4 is 0 Å². The smallest absolute Gasteiger partial charge is 0.335 e. The van der Waals surface area contributed by atoms with Crippen LogP contribution in [0.25, 0.3) is 22.2 Å². The molecule has 0 radical (unpaired) electrons. The maximum absolute atomic E-state index is 13.5. The van der Waals surface area contributed by atoms with Crippen molar-refractivity contribution in [3.05, 3.63) is 47.9 Å². The SMILES string of the molecule is CC1CN(C(=O)Cn2c(-c3ccoc3)c(C3CCCCC3)c3ccc(C(=O)O)cc32)CC(C)O1. The van der Waals surface area contributed by atoms with Crippen molar-refractivity contribution in [1.29, 1.82) is 0 Å². The lowest BCUT2D eigenvalue weighted by molar-refractivity contribution is -0.143. The molecule has 7 heteroatoms. The number of nitrogens with zero attached hydrogens (tertiary/aromatic N) is 2. The van der Waals surface area contributed by atoms with Crippen molar-refractivity contribution in [3.63, 3.8) is 0 Å². The van der Waals surface area contributed by atoms with Crippen LogP contribution in [0.15, 0.2) is 41.2 Å². The van der Waals surface area contributed by atoms with Crippen LogP contribution in [-0.4, -0.2) is 51.7 Å². The standard InChI is InChI=1S/C27H32N2O5/c1-17-13-28(14-18(2)34-17)24(30)15-29-23-12-20(27(31)32)8-9-22(23)25(19-6-4-3-5-7-19)26(29)21-10-11-33-16-21/h8-12,16-19H,3-7,13-15H2,1-2H3,(H,31,32).